The molecule has 4 heteroatoms. The minimum Gasteiger partial charge on any atom is -0.456 e. The van der Waals surface area contributed by atoms with Crippen LogP contribution >= 0.6 is 39.3 Å². The summed E-state index contributed by atoms with van der Waals surface area (Å²) in [6, 6.07) is 18.4. The van der Waals surface area contributed by atoms with E-state index in [4.69, 9.17) is 16.0 Å². The number of fused-ring (bicyclic) bond motifs is 3. The predicted molar refractivity (Wildman–Crippen MR) is 104 cm³/mol. The third kappa shape index (κ3) is 2.47. The largest absolute Gasteiger partial charge is 0.456 e. The fourth-order valence-electron chi connectivity index (χ4n) is 2.97. The van der Waals surface area contributed by atoms with Crippen molar-refractivity contribution in [3.05, 3.63) is 64.1 Å². The number of para-hydroxylation sites is 1. The lowest BCUT2D eigenvalue weighted by atomic mass is 9.99. The van der Waals surface area contributed by atoms with E-state index < -0.39 is 0 Å². The van der Waals surface area contributed by atoms with Gasteiger partial charge in [-0.3, -0.25) is 0 Å². The van der Waals surface area contributed by atoms with Crippen molar-refractivity contribution >= 4 is 61.2 Å². The Morgan fingerprint density at radius 2 is 1.74 bits per heavy atom. The summed E-state index contributed by atoms with van der Waals surface area (Å²) in [5.41, 5.74) is 4.06. The van der Waals surface area contributed by atoms with E-state index in [9.17, 15) is 0 Å². The molecular formula is C19H12BrClOS. The van der Waals surface area contributed by atoms with Crippen LogP contribution in [0.5, 0.6) is 0 Å². The maximum Gasteiger partial charge on any atom is 0.136 e. The molecule has 0 spiro atoms. The quantitative estimate of drug-likeness (QED) is 0.324. The van der Waals surface area contributed by atoms with Crippen LogP contribution in [0.4, 0.5) is 0 Å². The molecule has 0 saturated carbocycles. The first-order valence-corrected chi connectivity index (χ1v) is 9.52. The molecule has 0 amide bonds. The van der Waals surface area contributed by atoms with Crippen molar-refractivity contribution < 1.29 is 4.42 Å². The zero-order valence-corrected chi connectivity index (χ0v) is 15.4. The molecule has 114 valence electrons. The molecular weight excluding hydrogens is 392 g/mol. The number of hydrogen-bond donors (Lipinski definition) is 0. The molecule has 0 N–H and O–H groups in total. The van der Waals surface area contributed by atoms with Crippen LogP contribution in [0.3, 0.4) is 0 Å². The fraction of sp³-hybridized carbons (Fsp3) is 0.0526. The van der Waals surface area contributed by atoms with Crippen LogP contribution in [0, 0.1) is 0 Å². The lowest BCUT2D eigenvalue weighted by Gasteiger charge is -2.12. The van der Waals surface area contributed by atoms with Crippen molar-refractivity contribution in [3.8, 4) is 11.1 Å². The Morgan fingerprint density at radius 1 is 0.957 bits per heavy atom. The van der Waals surface area contributed by atoms with Crippen molar-refractivity contribution in [2.24, 2.45) is 0 Å². The molecule has 0 atom stereocenters. The molecule has 1 heterocycles. The van der Waals surface area contributed by atoms with Crippen molar-refractivity contribution in [3.63, 3.8) is 0 Å². The van der Waals surface area contributed by atoms with Gasteiger partial charge in [-0.05, 0) is 41.6 Å². The standard InChI is InChI=1S/C19H12BrClOS/c1-23-19-14(9-11(20)10-15(19)21)12-6-4-8-17-18(12)13-5-2-3-7-16(13)22-17/h2-10H,1H3. The summed E-state index contributed by atoms with van der Waals surface area (Å²) >= 11 is 11.7. The van der Waals surface area contributed by atoms with E-state index in [0.717, 1.165) is 47.5 Å². The van der Waals surface area contributed by atoms with Gasteiger partial charge < -0.3 is 4.42 Å². The van der Waals surface area contributed by atoms with E-state index in [-0.39, 0.29) is 0 Å². The number of furan rings is 1. The molecule has 23 heavy (non-hydrogen) atoms. The molecule has 3 aromatic carbocycles. The van der Waals surface area contributed by atoms with Crippen LogP contribution in [0.2, 0.25) is 5.02 Å². The van der Waals surface area contributed by atoms with Crippen LogP contribution < -0.4 is 0 Å². The molecule has 0 radical (unpaired) electrons. The number of thioether (sulfide) groups is 1. The zero-order valence-electron chi connectivity index (χ0n) is 12.3. The highest BCUT2D eigenvalue weighted by Gasteiger charge is 2.16. The first kappa shape index (κ1) is 15.1. The van der Waals surface area contributed by atoms with Crippen molar-refractivity contribution in [1.82, 2.24) is 0 Å². The van der Waals surface area contributed by atoms with Gasteiger partial charge in [0.1, 0.15) is 11.2 Å². The number of halogens is 2. The molecule has 4 rings (SSSR count). The van der Waals surface area contributed by atoms with Crippen LogP contribution in [0.1, 0.15) is 0 Å². The molecule has 1 aromatic heterocycles. The van der Waals surface area contributed by atoms with Gasteiger partial charge in [0.2, 0.25) is 0 Å². The van der Waals surface area contributed by atoms with E-state index in [1.165, 1.54) is 0 Å². The first-order chi connectivity index (χ1) is 11.2. The van der Waals surface area contributed by atoms with E-state index in [1.807, 2.05) is 42.7 Å². The van der Waals surface area contributed by atoms with Gasteiger partial charge in [-0.15, -0.1) is 11.8 Å². The summed E-state index contributed by atoms with van der Waals surface area (Å²) in [6.07, 6.45) is 2.05. The van der Waals surface area contributed by atoms with Crippen LogP contribution in [-0.4, -0.2) is 6.26 Å². The van der Waals surface area contributed by atoms with E-state index in [1.54, 1.807) is 11.8 Å². The normalized spacial score (nSPS) is 11.4. The Labute approximate surface area is 151 Å². The van der Waals surface area contributed by atoms with Crippen LogP contribution in [0.15, 0.2) is 68.4 Å². The summed E-state index contributed by atoms with van der Waals surface area (Å²) in [5.74, 6) is 0. The minimum atomic E-state index is 0.756. The van der Waals surface area contributed by atoms with E-state index >= 15 is 0 Å². The Bertz CT molecular complexity index is 1040. The second kappa shape index (κ2) is 5.90. The first-order valence-electron chi connectivity index (χ1n) is 7.12. The molecule has 4 aromatic rings. The van der Waals surface area contributed by atoms with Crippen LogP contribution in [-0.2, 0) is 0 Å². The predicted octanol–water partition coefficient (Wildman–Crippen LogP) is 7.39. The lowest BCUT2D eigenvalue weighted by molar-refractivity contribution is 0.669. The number of hydrogen-bond acceptors (Lipinski definition) is 2. The van der Waals surface area contributed by atoms with Crippen molar-refractivity contribution in [1.29, 1.82) is 0 Å². The van der Waals surface area contributed by atoms with Gasteiger partial charge in [0.15, 0.2) is 0 Å². The van der Waals surface area contributed by atoms with Crippen LogP contribution in [0.25, 0.3) is 33.1 Å². The smallest absolute Gasteiger partial charge is 0.136 e. The molecule has 1 nitrogen and oxygen atoms in total. The summed E-state index contributed by atoms with van der Waals surface area (Å²) in [5, 5.41) is 3.01. The zero-order chi connectivity index (χ0) is 16.0. The summed E-state index contributed by atoms with van der Waals surface area (Å²) in [6.45, 7) is 0. The molecule has 0 bridgehead atoms. The second-order valence-corrected chi connectivity index (χ2v) is 7.38. The number of benzene rings is 3. The molecule has 0 saturated heterocycles. The molecule has 0 aliphatic heterocycles. The third-order valence-electron chi connectivity index (χ3n) is 3.91. The van der Waals surface area contributed by atoms with Gasteiger partial charge in [0.25, 0.3) is 0 Å². The monoisotopic (exact) mass is 402 g/mol. The van der Waals surface area contributed by atoms with Gasteiger partial charge in [-0.1, -0.05) is 57.9 Å². The van der Waals surface area contributed by atoms with Gasteiger partial charge in [-0.25, -0.2) is 0 Å². The molecule has 0 unspecified atom stereocenters. The van der Waals surface area contributed by atoms with Crippen molar-refractivity contribution in [2.45, 2.75) is 4.90 Å². The molecule has 0 aliphatic carbocycles. The Balaban J connectivity index is 2.15. The Hall–Kier alpha value is -1.42. The molecule has 0 fully saturated rings. The van der Waals surface area contributed by atoms with E-state index in [2.05, 4.69) is 34.1 Å². The summed E-state index contributed by atoms with van der Waals surface area (Å²) < 4.78 is 6.97. The second-order valence-electron chi connectivity index (χ2n) is 5.25. The third-order valence-corrected chi connectivity index (χ3v) is 5.62. The highest BCUT2D eigenvalue weighted by molar-refractivity contribution is 9.10. The summed E-state index contributed by atoms with van der Waals surface area (Å²) in [7, 11) is 0. The Morgan fingerprint density at radius 3 is 2.57 bits per heavy atom. The highest BCUT2D eigenvalue weighted by Crippen LogP contribution is 2.43. The maximum atomic E-state index is 6.45. The van der Waals surface area contributed by atoms with Gasteiger partial charge >= 0.3 is 0 Å². The minimum absolute atomic E-state index is 0.756. The molecule has 0 aliphatic rings. The van der Waals surface area contributed by atoms with Gasteiger partial charge in [0.05, 0.1) is 5.02 Å². The SMILES string of the molecule is CSc1c(Cl)cc(Br)cc1-c1cccc2oc3ccccc3c12. The topological polar surface area (TPSA) is 13.1 Å². The average molecular weight is 404 g/mol. The fourth-order valence-corrected chi connectivity index (χ4v) is 4.65. The maximum absolute atomic E-state index is 6.45. The van der Waals surface area contributed by atoms with Crippen molar-refractivity contribution in [2.75, 3.05) is 6.26 Å². The van der Waals surface area contributed by atoms with Gasteiger partial charge in [0, 0.05) is 20.1 Å². The lowest BCUT2D eigenvalue weighted by Crippen LogP contribution is -1.86. The van der Waals surface area contributed by atoms with Gasteiger partial charge in [-0.2, -0.15) is 0 Å². The highest BCUT2D eigenvalue weighted by atomic mass is 79.9. The summed E-state index contributed by atoms with van der Waals surface area (Å²) in [4.78, 5) is 1.08. The average Bonchev–Trinajstić information content (AvgIpc) is 2.92. The Kier molecular flexibility index (Phi) is 3.88. The number of rotatable bonds is 2. The van der Waals surface area contributed by atoms with E-state index in [0.29, 0.717) is 0 Å².